The van der Waals surface area contributed by atoms with Crippen LogP contribution in [0.25, 0.3) is 0 Å². The summed E-state index contributed by atoms with van der Waals surface area (Å²) in [6.45, 7) is 5.74. The number of hydrogen-bond acceptors (Lipinski definition) is 1. The van der Waals surface area contributed by atoms with E-state index in [-0.39, 0.29) is 0 Å². The van der Waals surface area contributed by atoms with Gasteiger partial charge in [0, 0.05) is 0 Å². The maximum absolute atomic E-state index is 9.23. The molecule has 0 aliphatic carbocycles. The Morgan fingerprint density at radius 2 is 2.00 bits per heavy atom. The van der Waals surface area contributed by atoms with Crippen molar-refractivity contribution in [1.82, 2.24) is 0 Å². The Hall–Kier alpha value is -0.300. The highest BCUT2D eigenvalue weighted by atomic mass is 16.3. The van der Waals surface area contributed by atoms with Gasteiger partial charge in [0.15, 0.2) is 0 Å². The van der Waals surface area contributed by atoms with Gasteiger partial charge in [0.1, 0.15) is 0 Å². The third kappa shape index (κ3) is 7.70. The molecule has 60 valence electrons. The van der Waals surface area contributed by atoms with Crippen LogP contribution >= 0.6 is 0 Å². The first kappa shape index (κ1) is 9.70. The molecule has 0 aromatic heterocycles. The van der Waals surface area contributed by atoms with Crippen molar-refractivity contribution in [1.29, 1.82) is 0 Å². The third-order valence-electron chi connectivity index (χ3n) is 1.25. The van der Waals surface area contributed by atoms with E-state index in [4.69, 9.17) is 0 Å². The van der Waals surface area contributed by atoms with E-state index in [0.717, 1.165) is 6.42 Å². The lowest BCUT2D eigenvalue weighted by Crippen LogP contribution is -2.13. The van der Waals surface area contributed by atoms with Crippen molar-refractivity contribution in [2.75, 3.05) is 0 Å². The summed E-state index contributed by atoms with van der Waals surface area (Å²) in [5, 5.41) is 9.23. The normalized spacial score (nSPS) is 12.8. The SMILES string of the molecule is CCCC/C=C\C(C)(C)O. The van der Waals surface area contributed by atoms with Crippen LogP contribution in [0.5, 0.6) is 0 Å². The Kier molecular flexibility index (Phi) is 4.37. The molecule has 0 aromatic carbocycles. The van der Waals surface area contributed by atoms with E-state index in [1.54, 1.807) is 13.8 Å². The van der Waals surface area contributed by atoms with E-state index >= 15 is 0 Å². The Bertz CT molecular complexity index is 97.8. The van der Waals surface area contributed by atoms with Gasteiger partial charge in [0.2, 0.25) is 0 Å². The summed E-state index contributed by atoms with van der Waals surface area (Å²) in [6.07, 6.45) is 7.41. The zero-order valence-corrected chi connectivity index (χ0v) is 7.22. The fourth-order valence-electron chi connectivity index (χ4n) is 0.694. The molecular weight excluding hydrogens is 124 g/mol. The summed E-state index contributed by atoms with van der Waals surface area (Å²) in [5.74, 6) is 0. The Morgan fingerprint density at radius 1 is 1.40 bits per heavy atom. The monoisotopic (exact) mass is 142 g/mol. The van der Waals surface area contributed by atoms with E-state index in [2.05, 4.69) is 6.92 Å². The van der Waals surface area contributed by atoms with Gasteiger partial charge in [0.05, 0.1) is 5.60 Å². The molecule has 0 fully saturated rings. The fraction of sp³-hybridized carbons (Fsp3) is 0.778. The zero-order chi connectivity index (χ0) is 8.04. The van der Waals surface area contributed by atoms with E-state index in [0.29, 0.717) is 0 Å². The molecule has 0 aliphatic heterocycles. The van der Waals surface area contributed by atoms with Gasteiger partial charge >= 0.3 is 0 Å². The second-order valence-electron chi connectivity index (χ2n) is 3.20. The van der Waals surface area contributed by atoms with Crippen molar-refractivity contribution in [3.63, 3.8) is 0 Å². The summed E-state index contributed by atoms with van der Waals surface area (Å²) in [7, 11) is 0. The van der Waals surface area contributed by atoms with Gasteiger partial charge < -0.3 is 5.11 Å². The number of rotatable bonds is 4. The van der Waals surface area contributed by atoms with Crippen molar-refractivity contribution in [3.8, 4) is 0 Å². The molecule has 0 unspecified atom stereocenters. The van der Waals surface area contributed by atoms with Gasteiger partial charge in [-0.1, -0.05) is 31.9 Å². The topological polar surface area (TPSA) is 20.2 Å². The molecule has 1 N–H and O–H groups in total. The van der Waals surface area contributed by atoms with Gasteiger partial charge in [0.25, 0.3) is 0 Å². The molecule has 0 heterocycles. The Morgan fingerprint density at radius 3 is 2.40 bits per heavy atom. The lowest BCUT2D eigenvalue weighted by atomic mass is 10.1. The van der Waals surface area contributed by atoms with Crippen LogP contribution in [-0.2, 0) is 0 Å². The van der Waals surface area contributed by atoms with Crippen LogP contribution in [0, 0.1) is 0 Å². The molecule has 0 radical (unpaired) electrons. The molecule has 0 saturated heterocycles. The quantitative estimate of drug-likeness (QED) is 0.472. The summed E-state index contributed by atoms with van der Waals surface area (Å²) in [5.41, 5.74) is -0.631. The maximum Gasteiger partial charge on any atom is 0.0771 e. The van der Waals surface area contributed by atoms with E-state index in [1.807, 2.05) is 12.2 Å². The molecule has 0 rings (SSSR count). The molecule has 0 atom stereocenters. The predicted octanol–water partition coefficient (Wildman–Crippen LogP) is 2.50. The minimum atomic E-state index is -0.631. The first-order chi connectivity index (χ1) is 4.56. The average molecular weight is 142 g/mol. The highest BCUT2D eigenvalue weighted by Gasteiger charge is 2.04. The van der Waals surface area contributed by atoms with Gasteiger partial charge in [-0.05, 0) is 20.3 Å². The van der Waals surface area contributed by atoms with E-state index < -0.39 is 5.60 Å². The molecule has 1 nitrogen and oxygen atoms in total. The van der Waals surface area contributed by atoms with Crippen molar-refractivity contribution in [3.05, 3.63) is 12.2 Å². The van der Waals surface area contributed by atoms with Gasteiger partial charge in [-0.15, -0.1) is 0 Å². The molecule has 1 heteroatoms. The Balaban J connectivity index is 3.37. The second kappa shape index (κ2) is 4.51. The number of hydrogen-bond donors (Lipinski definition) is 1. The van der Waals surface area contributed by atoms with Gasteiger partial charge in [-0.25, -0.2) is 0 Å². The maximum atomic E-state index is 9.23. The standard InChI is InChI=1S/C9H18O/c1-4-5-6-7-8-9(2,3)10/h7-8,10H,4-6H2,1-3H3/b8-7-. The predicted molar refractivity (Wildman–Crippen MR) is 45.0 cm³/mol. The van der Waals surface area contributed by atoms with Crippen LogP contribution in [0.1, 0.15) is 40.0 Å². The smallest absolute Gasteiger partial charge is 0.0771 e. The molecule has 0 bridgehead atoms. The van der Waals surface area contributed by atoms with Crippen LogP contribution < -0.4 is 0 Å². The molecule has 0 spiro atoms. The zero-order valence-electron chi connectivity index (χ0n) is 7.22. The number of aliphatic hydroxyl groups is 1. The van der Waals surface area contributed by atoms with Crippen LogP contribution in [0.2, 0.25) is 0 Å². The molecule has 0 aliphatic rings. The minimum Gasteiger partial charge on any atom is -0.386 e. The first-order valence-corrected chi connectivity index (χ1v) is 3.96. The van der Waals surface area contributed by atoms with Crippen LogP contribution in [-0.4, -0.2) is 10.7 Å². The molecule has 10 heavy (non-hydrogen) atoms. The summed E-state index contributed by atoms with van der Waals surface area (Å²) < 4.78 is 0. The average Bonchev–Trinajstić information content (AvgIpc) is 1.78. The summed E-state index contributed by atoms with van der Waals surface area (Å²) in [6, 6.07) is 0. The molecule has 0 amide bonds. The number of allylic oxidation sites excluding steroid dienone is 1. The van der Waals surface area contributed by atoms with Gasteiger partial charge in [-0.2, -0.15) is 0 Å². The molecule has 0 saturated carbocycles. The fourth-order valence-corrected chi connectivity index (χ4v) is 0.694. The van der Waals surface area contributed by atoms with Crippen LogP contribution in [0.3, 0.4) is 0 Å². The van der Waals surface area contributed by atoms with E-state index in [9.17, 15) is 5.11 Å². The van der Waals surface area contributed by atoms with E-state index in [1.165, 1.54) is 12.8 Å². The largest absolute Gasteiger partial charge is 0.386 e. The first-order valence-electron chi connectivity index (χ1n) is 3.96. The van der Waals surface area contributed by atoms with Crippen molar-refractivity contribution in [2.24, 2.45) is 0 Å². The summed E-state index contributed by atoms with van der Waals surface area (Å²) >= 11 is 0. The summed E-state index contributed by atoms with van der Waals surface area (Å²) in [4.78, 5) is 0. The van der Waals surface area contributed by atoms with Crippen molar-refractivity contribution < 1.29 is 5.11 Å². The second-order valence-corrected chi connectivity index (χ2v) is 3.20. The highest BCUT2D eigenvalue weighted by molar-refractivity contribution is 4.94. The van der Waals surface area contributed by atoms with Crippen molar-refractivity contribution in [2.45, 2.75) is 45.6 Å². The third-order valence-corrected chi connectivity index (χ3v) is 1.25. The Labute approximate surface area is 63.8 Å². The highest BCUT2D eigenvalue weighted by Crippen LogP contribution is 2.04. The lowest BCUT2D eigenvalue weighted by Gasteiger charge is -2.09. The van der Waals surface area contributed by atoms with Crippen LogP contribution in [0.15, 0.2) is 12.2 Å². The van der Waals surface area contributed by atoms with Crippen molar-refractivity contribution >= 4 is 0 Å². The number of unbranched alkanes of at least 4 members (excludes halogenated alkanes) is 2. The molecular formula is C9H18O. The lowest BCUT2D eigenvalue weighted by molar-refractivity contribution is 0.133. The minimum absolute atomic E-state index is 0.631. The molecule has 0 aromatic rings. The van der Waals surface area contributed by atoms with Crippen LogP contribution in [0.4, 0.5) is 0 Å². The van der Waals surface area contributed by atoms with Gasteiger partial charge in [-0.3, -0.25) is 0 Å².